The number of amides is 2. The Morgan fingerprint density at radius 1 is 1.17 bits per heavy atom. The van der Waals surface area contributed by atoms with Crippen molar-refractivity contribution in [2.45, 2.75) is 6.54 Å². The maximum Gasteiger partial charge on any atom is 0.293 e. The molecule has 1 heterocycles. The summed E-state index contributed by atoms with van der Waals surface area (Å²) in [7, 11) is 1.59. The second-order valence-electron chi connectivity index (χ2n) is 5.17. The van der Waals surface area contributed by atoms with E-state index in [0.29, 0.717) is 10.7 Å². The van der Waals surface area contributed by atoms with Crippen LogP contribution in [0.25, 0.3) is 6.08 Å². The Bertz CT molecular complexity index is 817. The van der Waals surface area contributed by atoms with Crippen molar-refractivity contribution in [3.8, 4) is 5.75 Å². The molecule has 4 nitrogen and oxygen atoms in total. The summed E-state index contributed by atoms with van der Waals surface area (Å²) in [5.74, 6) is 0.438. The molecule has 0 aliphatic carbocycles. The first kappa shape index (κ1) is 16.8. The maximum absolute atomic E-state index is 12.5. The van der Waals surface area contributed by atoms with Gasteiger partial charge in [-0.2, -0.15) is 0 Å². The molecule has 0 aromatic heterocycles. The molecule has 1 saturated heterocycles. The van der Waals surface area contributed by atoms with Crippen LogP contribution in [0.15, 0.2) is 57.9 Å². The number of carbonyl (C=O) groups is 2. The third kappa shape index (κ3) is 3.71. The third-order valence-corrected chi connectivity index (χ3v) is 4.96. The van der Waals surface area contributed by atoms with Crippen LogP contribution < -0.4 is 4.74 Å². The summed E-state index contributed by atoms with van der Waals surface area (Å²) in [6, 6.07) is 14.9. The number of hydrogen-bond donors (Lipinski definition) is 0. The maximum atomic E-state index is 12.5. The highest BCUT2D eigenvalue weighted by atomic mass is 79.9. The number of benzene rings is 2. The van der Waals surface area contributed by atoms with Crippen molar-refractivity contribution in [2.75, 3.05) is 7.11 Å². The summed E-state index contributed by atoms with van der Waals surface area (Å²) < 4.78 is 6.13. The number of halogens is 1. The Labute approximate surface area is 152 Å². The molecule has 1 aliphatic rings. The van der Waals surface area contributed by atoms with Crippen LogP contribution in [-0.2, 0) is 11.3 Å². The fourth-order valence-corrected chi connectivity index (χ4v) is 3.39. The van der Waals surface area contributed by atoms with Gasteiger partial charge in [0, 0.05) is 4.47 Å². The normalized spacial score (nSPS) is 16.1. The minimum Gasteiger partial charge on any atom is -0.497 e. The number of carbonyl (C=O) groups excluding carboxylic acids is 2. The lowest BCUT2D eigenvalue weighted by atomic mass is 10.2. The Kier molecular flexibility index (Phi) is 5.06. The van der Waals surface area contributed by atoms with E-state index in [0.717, 1.165) is 27.4 Å². The number of hydrogen-bond acceptors (Lipinski definition) is 4. The van der Waals surface area contributed by atoms with Crippen molar-refractivity contribution in [2.24, 2.45) is 0 Å². The van der Waals surface area contributed by atoms with Gasteiger partial charge in [-0.3, -0.25) is 14.5 Å². The fraction of sp³-hybridized carbons (Fsp3) is 0.111. The van der Waals surface area contributed by atoms with Gasteiger partial charge in [-0.25, -0.2) is 0 Å². The molecule has 0 spiro atoms. The summed E-state index contributed by atoms with van der Waals surface area (Å²) in [5, 5.41) is -0.253. The van der Waals surface area contributed by atoms with Crippen molar-refractivity contribution in [1.29, 1.82) is 0 Å². The van der Waals surface area contributed by atoms with Crippen LogP contribution in [0.3, 0.4) is 0 Å². The molecular weight excluding hydrogens is 390 g/mol. The highest BCUT2D eigenvalue weighted by Gasteiger charge is 2.34. The zero-order valence-corrected chi connectivity index (χ0v) is 15.3. The summed E-state index contributed by atoms with van der Waals surface area (Å²) in [4.78, 5) is 26.4. The first-order valence-corrected chi connectivity index (χ1v) is 8.81. The smallest absolute Gasteiger partial charge is 0.293 e. The standard InChI is InChI=1S/C18H14BrNO3S/c1-23-15-4-2-3-13(9-15)10-16-17(21)20(18(22)24-16)11-12-5-7-14(19)8-6-12/h2-10H,11H2,1H3/b16-10+. The van der Waals surface area contributed by atoms with E-state index in [2.05, 4.69) is 15.9 Å². The highest BCUT2D eigenvalue weighted by molar-refractivity contribution is 9.10. The number of thioether (sulfide) groups is 1. The zero-order chi connectivity index (χ0) is 17.1. The van der Waals surface area contributed by atoms with E-state index in [4.69, 9.17) is 4.74 Å². The van der Waals surface area contributed by atoms with Gasteiger partial charge in [-0.1, -0.05) is 40.2 Å². The minimum atomic E-state index is -0.268. The first-order valence-electron chi connectivity index (χ1n) is 7.20. The minimum absolute atomic E-state index is 0.253. The van der Waals surface area contributed by atoms with Crippen LogP contribution >= 0.6 is 27.7 Å². The van der Waals surface area contributed by atoms with E-state index >= 15 is 0 Å². The summed E-state index contributed by atoms with van der Waals surface area (Å²) in [6.07, 6.45) is 1.72. The second-order valence-corrected chi connectivity index (χ2v) is 7.08. The molecule has 0 saturated carbocycles. The van der Waals surface area contributed by atoms with Crippen LogP contribution in [0.5, 0.6) is 5.75 Å². The van der Waals surface area contributed by atoms with Gasteiger partial charge in [0.1, 0.15) is 5.75 Å². The van der Waals surface area contributed by atoms with E-state index in [9.17, 15) is 9.59 Å². The van der Waals surface area contributed by atoms with Crippen LogP contribution in [0.1, 0.15) is 11.1 Å². The lowest BCUT2D eigenvalue weighted by molar-refractivity contribution is -0.123. The number of methoxy groups -OCH3 is 1. The molecule has 122 valence electrons. The monoisotopic (exact) mass is 403 g/mol. The van der Waals surface area contributed by atoms with E-state index in [1.54, 1.807) is 13.2 Å². The lowest BCUT2D eigenvalue weighted by Crippen LogP contribution is -2.27. The predicted molar refractivity (Wildman–Crippen MR) is 98.7 cm³/mol. The van der Waals surface area contributed by atoms with Gasteiger partial charge >= 0.3 is 0 Å². The molecule has 2 amide bonds. The molecule has 0 bridgehead atoms. The first-order chi connectivity index (χ1) is 11.6. The Morgan fingerprint density at radius 3 is 2.62 bits per heavy atom. The summed E-state index contributed by atoms with van der Waals surface area (Å²) in [5.41, 5.74) is 1.73. The molecule has 0 radical (unpaired) electrons. The fourth-order valence-electron chi connectivity index (χ4n) is 2.29. The second kappa shape index (κ2) is 7.23. The molecule has 24 heavy (non-hydrogen) atoms. The van der Waals surface area contributed by atoms with Gasteiger partial charge in [0.15, 0.2) is 0 Å². The van der Waals surface area contributed by atoms with Gasteiger partial charge < -0.3 is 4.74 Å². The molecular formula is C18H14BrNO3S. The van der Waals surface area contributed by atoms with E-state index < -0.39 is 0 Å². The molecule has 0 N–H and O–H groups in total. The molecule has 6 heteroatoms. The quantitative estimate of drug-likeness (QED) is 0.694. The van der Waals surface area contributed by atoms with Crippen molar-refractivity contribution in [3.63, 3.8) is 0 Å². The average molecular weight is 404 g/mol. The van der Waals surface area contributed by atoms with Crippen molar-refractivity contribution in [3.05, 3.63) is 69.0 Å². The van der Waals surface area contributed by atoms with Crippen LogP contribution in [0, 0.1) is 0 Å². The van der Waals surface area contributed by atoms with Crippen molar-refractivity contribution >= 4 is 44.9 Å². The zero-order valence-electron chi connectivity index (χ0n) is 12.9. The van der Waals surface area contributed by atoms with Gasteiger partial charge in [-0.05, 0) is 53.2 Å². The van der Waals surface area contributed by atoms with E-state index in [1.807, 2.05) is 48.5 Å². The molecule has 0 atom stereocenters. The number of nitrogens with zero attached hydrogens (tertiary/aromatic N) is 1. The number of ether oxygens (including phenoxy) is 1. The molecule has 2 aromatic carbocycles. The lowest BCUT2D eigenvalue weighted by Gasteiger charge is -2.12. The third-order valence-electron chi connectivity index (χ3n) is 3.52. The average Bonchev–Trinajstić information content (AvgIpc) is 2.84. The Morgan fingerprint density at radius 2 is 1.92 bits per heavy atom. The van der Waals surface area contributed by atoms with Crippen molar-refractivity contribution < 1.29 is 14.3 Å². The van der Waals surface area contributed by atoms with Crippen LogP contribution in [0.2, 0.25) is 0 Å². The summed E-state index contributed by atoms with van der Waals surface area (Å²) in [6.45, 7) is 0.271. The van der Waals surface area contributed by atoms with Crippen LogP contribution in [-0.4, -0.2) is 23.2 Å². The van der Waals surface area contributed by atoms with Crippen molar-refractivity contribution in [1.82, 2.24) is 4.90 Å². The molecule has 2 aromatic rings. The molecule has 1 fully saturated rings. The Hall–Kier alpha value is -2.05. The summed E-state index contributed by atoms with van der Waals surface area (Å²) >= 11 is 4.33. The van der Waals surface area contributed by atoms with Gasteiger partial charge in [0.2, 0.25) is 0 Å². The topological polar surface area (TPSA) is 46.6 Å². The Balaban J connectivity index is 1.80. The highest BCUT2D eigenvalue weighted by Crippen LogP contribution is 2.33. The van der Waals surface area contributed by atoms with E-state index in [-0.39, 0.29) is 17.7 Å². The SMILES string of the molecule is COc1cccc(/C=C2/SC(=O)N(Cc3ccc(Br)cc3)C2=O)c1. The largest absolute Gasteiger partial charge is 0.497 e. The molecule has 0 unspecified atom stereocenters. The van der Waals surface area contributed by atoms with Gasteiger partial charge in [-0.15, -0.1) is 0 Å². The molecule has 1 aliphatic heterocycles. The van der Waals surface area contributed by atoms with Gasteiger partial charge in [0.25, 0.3) is 11.1 Å². The molecule has 3 rings (SSSR count). The predicted octanol–water partition coefficient (Wildman–Crippen LogP) is 4.69. The number of imide groups is 1. The van der Waals surface area contributed by atoms with Gasteiger partial charge in [0.05, 0.1) is 18.6 Å². The van der Waals surface area contributed by atoms with E-state index in [1.165, 1.54) is 4.90 Å². The van der Waals surface area contributed by atoms with Crippen LogP contribution in [0.4, 0.5) is 4.79 Å². The number of rotatable bonds is 4.